The summed E-state index contributed by atoms with van der Waals surface area (Å²) in [4.78, 5) is 2.45. The predicted octanol–water partition coefficient (Wildman–Crippen LogP) is 2.94. The van der Waals surface area contributed by atoms with Gasteiger partial charge in [-0.15, -0.1) is 0 Å². The monoisotopic (exact) mass is 270 g/mol. The third-order valence-electron chi connectivity index (χ3n) is 3.94. The molecule has 1 fully saturated rings. The second-order valence-corrected chi connectivity index (χ2v) is 5.51. The van der Waals surface area contributed by atoms with Crippen LogP contribution in [-0.2, 0) is 13.6 Å². The van der Waals surface area contributed by atoms with E-state index in [1.165, 1.54) is 37.2 Å². The first-order valence-electron chi connectivity index (χ1n) is 7.30. The lowest BCUT2D eigenvalue weighted by Gasteiger charge is -2.18. The third-order valence-corrected chi connectivity index (χ3v) is 3.94. The van der Waals surface area contributed by atoms with E-state index in [9.17, 15) is 0 Å². The first-order valence-corrected chi connectivity index (χ1v) is 7.30. The summed E-state index contributed by atoms with van der Waals surface area (Å²) in [5, 5.41) is 7.82. The average molecular weight is 270 g/mol. The van der Waals surface area contributed by atoms with Crippen LogP contribution in [0.1, 0.15) is 24.1 Å². The Labute approximate surface area is 120 Å². The Kier molecular flexibility index (Phi) is 3.63. The molecule has 0 radical (unpaired) electrons. The van der Waals surface area contributed by atoms with Gasteiger partial charge in [-0.25, -0.2) is 0 Å². The van der Waals surface area contributed by atoms with Crippen molar-refractivity contribution in [1.82, 2.24) is 9.78 Å². The van der Waals surface area contributed by atoms with Gasteiger partial charge in [-0.3, -0.25) is 4.68 Å². The normalized spacial score (nSPS) is 14.8. The highest BCUT2D eigenvalue weighted by Gasteiger charge is 2.11. The van der Waals surface area contributed by atoms with Crippen molar-refractivity contribution < 1.29 is 0 Å². The molecular weight excluding hydrogens is 248 g/mol. The second kappa shape index (κ2) is 5.57. The van der Waals surface area contributed by atoms with E-state index < -0.39 is 0 Å². The number of aromatic nitrogens is 2. The van der Waals surface area contributed by atoms with Crippen molar-refractivity contribution in [3.63, 3.8) is 0 Å². The minimum absolute atomic E-state index is 0.822. The van der Waals surface area contributed by atoms with Gasteiger partial charge in [-0.2, -0.15) is 5.10 Å². The minimum atomic E-state index is 0.822. The Morgan fingerprint density at radius 1 is 1.15 bits per heavy atom. The summed E-state index contributed by atoms with van der Waals surface area (Å²) in [5.74, 6) is 0. The molecule has 4 nitrogen and oxygen atoms in total. The Hall–Kier alpha value is -1.97. The van der Waals surface area contributed by atoms with Gasteiger partial charge in [-0.1, -0.05) is 0 Å². The van der Waals surface area contributed by atoms with Crippen LogP contribution in [0.3, 0.4) is 0 Å². The molecular formula is C16H22N4. The van der Waals surface area contributed by atoms with Gasteiger partial charge in [0.05, 0.1) is 5.69 Å². The molecule has 0 atom stereocenters. The summed E-state index contributed by atoms with van der Waals surface area (Å²) < 4.78 is 1.86. The summed E-state index contributed by atoms with van der Waals surface area (Å²) >= 11 is 0. The fourth-order valence-electron chi connectivity index (χ4n) is 2.78. The van der Waals surface area contributed by atoms with Gasteiger partial charge >= 0.3 is 0 Å². The van der Waals surface area contributed by atoms with Crippen LogP contribution in [0.5, 0.6) is 0 Å². The zero-order chi connectivity index (χ0) is 13.9. The summed E-state index contributed by atoms with van der Waals surface area (Å²) in [6.07, 6.45) is 4.71. The van der Waals surface area contributed by atoms with E-state index >= 15 is 0 Å². The van der Waals surface area contributed by atoms with Crippen LogP contribution in [0.15, 0.2) is 30.5 Å². The summed E-state index contributed by atoms with van der Waals surface area (Å²) in [7, 11) is 1.96. The molecule has 0 bridgehead atoms. The van der Waals surface area contributed by atoms with Crippen molar-refractivity contribution in [2.24, 2.45) is 7.05 Å². The molecule has 2 aromatic rings. The van der Waals surface area contributed by atoms with Gasteiger partial charge in [0.2, 0.25) is 0 Å². The molecule has 20 heavy (non-hydrogen) atoms. The molecule has 0 amide bonds. The average Bonchev–Trinajstić information content (AvgIpc) is 3.07. The van der Waals surface area contributed by atoms with Crippen LogP contribution in [0, 0.1) is 6.92 Å². The van der Waals surface area contributed by atoms with Gasteiger partial charge in [0.25, 0.3) is 0 Å². The predicted molar refractivity (Wildman–Crippen MR) is 83.2 cm³/mol. The molecule has 1 aromatic carbocycles. The SMILES string of the molecule is Cc1nn(C)cc1CNc1ccc(N2CCCC2)cc1. The van der Waals surface area contributed by atoms with Crippen molar-refractivity contribution in [3.05, 3.63) is 41.7 Å². The van der Waals surface area contributed by atoms with Crippen LogP contribution < -0.4 is 10.2 Å². The Balaban J connectivity index is 1.62. The molecule has 0 saturated carbocycles. The standard InChI is InChI=1S/C16H22N4/c1-13-14(12-19(2)18-13)11-17-15-5-7-16(8-6-15)20-9-3-4-10-20/h5-8,12,17H,3-4,9-11H2,1-2H3. The van der Waals surface area contributed by atoms with Gasteiger partial charge < -0.3 is 10.2 Å². The van der Waals surface area contributed by atoms with Crippen molar-refractivity contribution in [2.75, 3.05) is 23.3 Å². The van der Waals surface area contributed by atoms with Crippen LogP contribution in [0.4, 0.5) is 11.4 Å². The van der Waals surface area contributed by atoms with Crippen molar-refractivity contribution in [3.8, 4) is 0 Å². The van der Waals surface area contributed by atoms with Crippen molar-refractivity contribution in [2.45, 2.75) is 26.3 Å². The number of aryl methyl sites for hydroxylation is 2. The van der Waals surface area contributed by atoms with Crippen LogP contribution >= 0.6 is 0 Å². The van der Waals surface area contributed by atoms with Crippen LogP contribution in [0.25, 0.3) is 0 Å². The fraction of sp³-hybridized carbons (Fsp3) is 0.438. The van der Waals surface area contributed by atoms with E-state index in [1.807, 2.05) is 18.7 Å². The molecule has 0 aliphatic carbocycles. The van der Waals surface area contributed by atoms with Crippen molar-refractivity contribution >= 4 is 11.4 Å². The molecule has 0 spiro atoms. The van der Waals surface area contributed by atoms with E-state index in [1.54, 1.807) is 0 Å². The molecule has 3 rings (SSSR count). The highest BCUT2D eigenvalue weighted by molar-refractivity contribution is 5.55. The number of rotatable bonds is 4. The third kappa shape index (κ3) is 2.79. The van der Waals surface area contributed by atoms with Gasteiger partial charge in [0, 0.05) is 49.8 Å². The number of anilines is 2. The summed E-state index contributed by atoms with van der Waals surface area (Å²) in [5.41, 5.74) is 4.84. The molecule has 1 aliphatic heterocycles. The first kappa shape index (κ1) is 13.0. The molecule has 1 aliphatic rings. The van der Waals surface area contributed by atoms with Crippen LogP contribution in [0.2, 0.25) is 0 Å². The lowest BCUT2D eigenvalue weighted by atomic mass is 10.2. The topological polar surface area (TPSA) is 33.1 Å². The molecule has 2 heterocycles. The highest BCUT2D eigenvalue weighted by Crippen LogP contribution is 2.22. The molecule has 1 N–H and O–H groups in total. The zero-order valence-electron chi connectivity index (χ0n) is 12.3. The number of hydrogen-bond acceptors (Lipinski definition) is 3. The maximum Gasteiger partial charge on any atom is 0.0643 e. The smallest absolute Gasteiger partial charge is 0.0643 e. The van der Waals surface area contributed by atoms with E-state index in [0.29, 0.717) is 0 Å². The summed E-state index contributed by atoms with van der Waals surface area (Å²) in [6, 6.07) is 8.76. The van der Waals surface area contributed by atoms with E-state index in [4.69, 9.17) is 0 Å². The quantitative estimate of drug-likeness (QED) is 0.927. The maximum atomic E-state index is 4.36. The fourth-order valence-corrected chi connectivity index (χ4v) is 2.78. The van der Waals surface area contributed by atoms with Crippen molar-refractivity contribution in [1.29, 1.82) is 0 Å². The summed E-state index contributed by atoms with van der Waals surface area (Å²) in [6.45, 7) is 5.26. The van der Waals surface area contributed by atoms with E-state index in [-0.39, 0.29) is 0 Å². The molecule has 4 heteroatoms. The van der Waals surface area contributed by atoms with E-state index in [2.05, 4.69) is 45.8 Å². The zero-order valence-corrected chi connectivity index (χ0v) is 12.3. The lowest BCUT2D eigenvalue weighted by Crippen LogP contribution is -2.17. The Morgan fingerprint density at radius 3 is 2.45 bits per heavy atom. The number of nitrogens with one attached hydrogen (secondary N) is 1. The van der Waals surface area contributed by atoms with Gasteiger partial charge in [0.15, 0.2) is 0 Å². The van der Waals surface area contributed by atoms with E-state index in [0.717, 1.165) is 17.9 Å². The van der Waals surface area contributed by atoms with Crippen LogP contribution in [-0.4, -0.2) is 22.9 Å². The lowest BCUT2D eigenvalue weighted by molar-refractivity contribution is 0.756. The Morgan fingerprint density at radius 2 is 1.85 bits per heavy atom. The first-order chi connectivity index (χ1) is 9.72. The number of nitrogens with zero attached hydrogens (tertiary/aromatic N) is 3. The molecule has 1 saturated heterocycles. The number of benzene rings is 1. The van der Waals surface area contributed by atoms with Gasteiger partial charge in [-0.05, 0) is 44.0 Å². The minimum Gasteiger partial charge on any atom is -0.381 e. The molecule has 106 valence electrons. The van der Waals surface area contributed by atoms with Gasteiger partial charge in [0.1, 0.15) is 0 Å². The largest absolute Gasteiger partial charge is 0.381 e. The molecule has 1 aromatic heterocycles. The maximum absolute atomic E-state index is 4.36. The second-order valence-electron chi connectivity index (χ2n) is 5.51. The number of hydrogen-bond donors (Lipinski definition) is 1. The Bertz CT molecular complexity index is 565. The highest BCUT2D eigenvalue weighted by atomic mass is 15.2. The molecule has 0 unspecified atom stereocenters.